The first-order valence-corrected chi connectivity index (χ1v) is 8.77. The fourth-order valence-electron chi connectivity index (χ4n) is 2.00. The first-order chi connectivity index (χ1) is 10.2. The molecule has 0 atom stereocenters. The highest BCUT2D eigenvalue weighted by Gasteiger charge is 2.28. The number of aromatic amines is 1. The van der Waals surface area contributed by atoms with Gasteiger partial charge < -0.3 is 5.32 Å². The van der Waals surface area contributed by atoms with Crippen LogP contribution in [0.4, 0.5) is 0 Å². The molecule has 1 amide bonds. The Morgan fingerprint density at radius 2 is 1.95 bits per heavy atom. The second kappa shape index (κ2) is 6.08. The van der Waals surface area contributed by atoms with E-state index < -0.39 is 14.6 Å². The third kappa shape index (κ3) is 3.65. The number of carbonyl (C=O) groups is 1. The molecule has 2 aromatic rings. The van der Waals surface area contributed by atoms with Crippen molar-refractivity contribution in [2.75, 3.05) is 12.3 Å². The zero-order valence-electron chi connectivity index (χ0n) is 13.0. The molecule has 1 heterocycles. The van der Waals surface area contributed by atoms with Crippen LogP contribution in [0.3, 0.4) is 0 Å². The molecule has 0 aliphatic rings. The Morgan fingerprint density at radius 1 is 1.27 bits per heavy atom. The predicted molar refractivity (Wildman–Crippen MR) is 86.3 cm³/mol. The molecular weight excluding hydrogens is 302 g/mol. The van der Waals surface area contributed by atoms with Crippen LogP contribution in [-0.4, -0.2) is 41.6 Å². The molecule has 6 nitrogen and oxygen atoms in total. The molecule has 0 radical (unpaired) electrons. The van der Waals surface area contributed by atoms with Crippen molar-refractivity contribution >= 4 is 26.6 Å². The first-order valence-electron chi connectivity index (χ1n) is 7.12. The Hall–Kier alpha value is -1.89. The fourth-order valence-corrected chi connectivity index (χ4v) is 2.99. The van der Waals surface area contributed by atoms with Crippen LogP contribution in [0.5, 0.6) is 0 Å². The van der Waals surface area contributed by atoms with Gasteiger partial charge in [-0.25, -0.2) is 8.42 Å². The lowest BCUT2D eigenvalue weighted by Crippen LogP contribution is -2.37. The van der Waals surface area contributed by atoms with Crippen LogP contribution >= 0.6 is 0 Å². The van der Waals surface area contributed by atoms with Gasteiger partial charge in [-0.05, 0) is 26.8 Å². The summed E-state index contributed by atoms with van der Waals surface area (Å²) in [5, 5.41) is 10.5. The number of rotatable bonds is 5. The van der Waals surface area contributed by atoms with Gasteiger partial charge >= 0.3 is 0 Å². The van der Waals surface area contributed by atoms with E-state index in [2.05, 4.69) is 15.5 Å². The summed E-state index contributed by atoms with van der Waals surface area (Å²) in [5.41, 5.74) is 1.53. The van der Waals surface area contributed by atoms with Crippen LogP contribution in [0, 0.1) is 0 Å². The Kier molecular flexibility index (Phi) is 4.55. The van der Waals surface area contributed by atoms with Crippen molar-refractivity contribution in [3.05, 3.63) is 30.0 Å². The first kappa shape index (κ1) is 16.5. The van der Waals surface area contributed by atoms with E-state index in [4.69, 9.17) is 0 Å². The van der Waals surface area contributed by atoms with E-state index in [9.17, 15) is 13.2 Å². The quantitative estimate of drug-likeness (QED) is 0.871. The number of sulfone groups is 1. The Morgan fingerprint density at radius 3 is 2.64 bits per heavy atom. The van der Waals surface area contributed by atoms with Gasteiger partial charge in [-0.2, -0.15) is 5.10 Å². The lowest BCUT2D eigenvalue weighted by molar-refractivity contribution is -0.120. The zero-order valence-corrected chi connectivity index (χ0v) is 13.8. The van der Waals surface area contributed by atoms with Crippen molar-refractivity contribution in [3.63, 3.8) is 0 Å². The molecule has 1 aromatic heterocycles. The van der Waals surface area contributed by atoms with Crippen LogP contribution in [0.25, 0.3) is 10.9 Å². The topological polar surface area (TPSA) is 91.9 Å². The van der Waals surface area contributed by atoms with Crippen molar-refractivity contribution in [2.45, 2.75) is 31.9 Å². The van der Waals surface area contributed by atoms with Crippen molar-refractivity contribution in [1.29, 1.82) is 0 Å². The number of nitrogens with one attached hydrogen (secondary N) is 2. The van der Waals surface area contributed by atoms with Crippen molar-refractivity contribution in [2.24, 2.45) is 0 Å². The summed E-state index contributed by atoms with van der Waals surface area (Å²) >= 11 is 0. The largest absolute Gasteiger partial charge is 0.355 e. The maximum absolute atomic E-state index is 12.0. The minimum absolute atomic E-state index is 0.0635. The predicted octanol–water partition coefficient (Wildman–Crippen LogP) is 1.43. The maximum Gasteiger partial charge on any atom is 0.226 e. The number of aromatic nitrogens is 2. The number of carbonyl (C=O) groups excluding carboxylic acids is 1. The summed E-state index contributed by atoms with van der Waals surface area (Å²) in [4.78, 5) is 11.9. The van der Waals surface area contributed by atoms with E-state index in [1.807, 2.05) is 24.3 Å². The van der Waals surface area contributed by atoms with E-state index >= 15 is 0 Å². The van der Waals surface area contributed by atoms with Crippen molar-refractivity contribution < 1.29 is 13.2 Å². The van der Waals surface area contributed by atoms with Gasteiger partial charge in [0.15, 0.2) is 9.84 Å². The molecule has 22 heavy (non-hydrogen) atoms. The maximum atomic E-state index is 12.0. The van der Waals surface area contributed by atoms with Crippen LogP contribution in [0.15, 0.2) is 24.3 Å². The monoisotopic (exact) mass is 323 g/mol. The summed E-state index contributed by atoms with van der Waals surface area (Å²) in [5.74, 6) is -0.287. The Balaban J connectivity index is 1.92. The number of benzene rings is 1. The molecule has 120 valence electrons. The molecule has 2 N–H and O–H groups in total. The minimum atomic E-state index is -3.22. The van der Waals surface area contributed by atoms with Crippen LogP contribution in [-0.2, 0) is 21.1 Å². The van der Waals surface area contributed by atoms with Crippen LogP contribution < -0.4 is 5.32 Å². The number of fused-ring (bicyclic) bond motifs is 1. The molecule has 7 heteroatoms. The van der Waals surface area contributed by atoms with E-state index in [1.54, 1.807) is 20.8 Å². The van der Waals surface area contributed by atoms with E-state index in [-0.39, 0.29) is 24.6 Å². The minimum Gasteiger partial charge on any atom is -0.355 e. The number of hydrogen-bond acceptors (Lipinski definition) is 4. The van der Waals surface area contributed by atoms with E-state index in [0.29, 0.717) is 0 Å². The van der Waals surface area contributed by atoms with Gasteiger partial charge in [0, 0.05) is 11.9 Å². The molecule has 0 aliphatic carbocycles. The standard InChI is InChI=1S/C15H21N3O3S/c1-15(2,3)22(20,21)9-8-16-14(19)10-13-11-6-4-5-7-12(11)17-18-13/h4-7H,8-10H2,1-3H3,(H,16,19)(H,17,18). The molecule has 0 aliphatic heterocycles. The molecular formula is C15H21N3O3S. The molecule has 2 rings (SSSR count). The molecule has 0 unspecified atom stereocenters. The molecule has 0 saturated carbocycles. The third-order valence-electron chi connectivity index (χ3n) is 3.50. The Bertz CT molecular complexity index is 773. The van der Waals surface area contributed by atoms with Gasteiger partial charge in [-0.3, -0.25) is 9.89 Å². The second-order valence-corrected chi connectivity index (χ2v) is 9.04. The molecule has 0 bridgehead atoms. The number of nitrogens with zero attached hydrogens (tertiary/aromatic N) is 1. The second-order valence-electron chi connectivity index (χ2n) is 6.18. The smallest absolute Gasteiger partial charge is 0.226 e. The number of amides is 1. The lowest BCUT2D eigenvalue weighted by Gasteiger charge is -2.19. The van der Waals surface area contributed by atoms with E-state index in [0.717, 1.165) is 16.6 Å². The lowest BCUT2D eigenvalue weighted by atomic mass is 10.1. The van der Waals surface area contributed by atoms with Gasteiger partial charge in [-0.1, -0.05) is 18.2 Å². The van der Waals surface area contributed by atoms with Gasteiger partial charge in [0.05, 0.1) is 28.1 Å². The van der Waals surface area contributed by atoms with Gasteiger partial charge in [0.1, 0.15) is 0 Å². The van der Waals surface area contributed by atoms with Crippen LogP contribution in [0.1, 0.15) is 26.5 Å². The summed E-state index contributed by atoms with van der Waals surface area (Å²) in [6.45, 7) is 5.08. The van der Waals surface area contributed by atoms with Gasteiger partial charge in [0.2, 0.25) is 5.91 Å². The molecule has 1 aromatic carbocycles. The molecule has 0 spiro atoms. The highest BCUT2D eigenvalue weighted by molar-refractivity contribution is 7.92. The molecule has 0 saturated heterocycles. The average molecular weight is 323 g/mol. The highest BCUT2D eigenvalue weighted by Crippen LogP contribution is 2.16. The summed E-state index contributed by atoms with van der Waals surface area (Å²) in [6, 6.07) is 7.52. The van der Waals surface area contributed by atoms with Gasteiger partial charge in [-0.15, -0.1) is 0 Å². The SMILES string of the molecule is CC(C)(C)S(=O)(=O)CCNC(=O)Cc1[nH]nc2ccccc12. The van der Waals surface area contributed by atoms with E-state index in [1.165, 1.54) is 0 Å². The summed E-state index contributed by atoms with van der Waals surface area (Å²) in [6.07, 6.45) is 0.149. The van der Waals surface area contributed by atoms with Gasteiger partial charge in [0.25, 0.3) is 0 Å². The van der Waals surface area contributed by atoms with Crippen molar-refractivity contribution in [1.82, 2.24) is 15.5 Å². The number of para-hydroxylation sites is 1. The highest BCUT2D eigenvalue weighted by atomic mass is 32.2. The summed E-state index contributed by atoms with van der Waals surface area (Å²) in [7, 11) is -3.22. The van der Waals surface area contributed by atoms with Crippen molar-refractivity contribution in [3.8, 4) is 0 Å². The fraction of sp³-hybridized carbons (Fsp3) is 0.467. The number of hydrogen-bond donors (Lipinski definition) is 2. The van der Waals surface area contributed by atoms with Crippen LogP contribution in [0.2, 0.25) is 0 Å². The third-order valence-corrected chi connectivity index (χ3v) is 6.11. The average Bonchev–Trinajstić information content (AvgIpc) is 2.81. The zero-order chi connectivity index (χ0) is 16.4. The number of H-pyrrole nitrogens is 1. The Labute approximate surface area is 130 Å². The summed E-state index contributed by atoms with van der Waals surface area (Å²) < 4.78 is 23.1. The normalized spacial score (nSPS) is 12.5. The molecule has 0 fully saturated rings.